The minimum Gasteiger partial charge on any atom is -0.330 e. The van der Waals surface area contributed by atoms with Crippen LogP contribution in [0.5, 0.6) is 0 Å². The molecule has 0 saturated heterocycles. The molecule has 1 unspecified atom stereocenters. The second kappa shape index (κ2) is 5.77. The fourth-order valence-corrected chi connectivity index (χ4v) is 3.53. The summed E-state index contributed by atoms with van der Waals surface area (Å²) in [5, 5.41) is 1.38. The molecule has 0 aliphatic heterocycles. The fourth-order valence-electron chi connectivity index (χ4n) is 3.02. The zero-order valence-corrected chi connectivity index (χ0v) is 12.7. The van der Waals surface area contributed by atoms with Crippen LogP contribution in [-0.4, -0.2) is 6.54 Å². The highest BCUT2D eigenvalue weighted by Crippen LogP contribution is 2.37. The van der Waals surface area contributed by atoms with Crippen LogP contribution in [0.2, 0.25) is 10.0 Å². The van der Waals surface area contributed by atoms with Gasteiger partial charge in [-0.05, 0) is 60.5 Å². The van der Waals surface area contributed by atoms with Crippen LogP contribution in [0.15, 0.2) is 36.4 Å². The average Bonchev–Trinajstić information content (AvgIpc) is 2.46. The smallest absolute Gasteiger partial charge is 0.0499 e. The number of rotatable bonds is 2. The Morgan fingerprint density at radius 3 is 2.70 bits per heavy atom. The Kier molecular flexibility index (Phi) is 4.02. The zero-order valence-electron chi connectivity index (χ0n) is 11.2. The quantitative estimate of drug-likeness (QED) is 0.853. The van der Waals surface area contributed by atoms with Gasteiger partial charge in [-0.15, -0.1) is 0 Å². The molecule has 1 aliphatic rings. The van der Waals surface area contributed by atoms with E-state index < -0.39 is 0 Å². The highest BCUT2D eigenvalue weighted by atomic mass is 35.5. The van der Waals surface area contributed by atoms with Crippen LogP contribution < -0.4 is 5.73 Å². The van der Waals surface area contributed by atoms with E-state index in [-0.39, 0.29) is 0 Å². The first-order valence-electron chi connectivity index (χ1n) is 6.95. The van der Waals surface area contributed by atoms with E-state index >= 15 is 0 Å². The summed E-state index contributed by atoms with van der Waals surface area (Å²) in [6, 6.07) is 12.2. The molecule has 0 amide bonds. The third-order valence-electron chi connectivity index (χ3n) is 4.14. The molecule has 20 heavy (non-hydrogen) atoms. The summed E-state index contributed by atoms with van der Waals surface area (Å²) in [7, 11) is 0. The Morgan fingerprint density at radius 2 is 1.95 bits per heavy atom. The Bertz CT molecular complexity index is 637. The van der Waals surface area contributed by atoms with Gasteiger partial charge >= 0.3 is 0 Å². The first kappa shape index (κ1) is 13.9. The average molecular weight is 306 g/mol. The number of hydrogen-bond acceptors (Lipinski definition) is 1. The Morgan fingerprint density at radius 1 is 1.10 bits per heavy atom. The molecule has 0 heterocycles. The molecular weight excluding hydrogens is 289 g/mol. The van der Waals surface area contributed by atoms with Gasteiger partial charge < -0.3 is 5.73 Å². The van der Waals surface area contributed by atoms with Gasteiger partial charge in [0.25, 0.3) is 0 Å². The fraction of sp³-hybridized carbons (Fsp3) is 0.294. The molecule has 3 rings (SSSR count). The molecular formula is C17H17Cl2N. The standard InChI is InChI=1S/C17H17Cl2N/c18-13-6-7-15(17(19)9-13)14-3-1-2-12-5-4-11(10-20)8-16(12)14/h1-3,6-7,9,11H,4-5,8,10,20H2. The van der Waals surface area contributed by atoms with Gasteiger partial charge in [0.05, 0.1) is 0 Å². The van der Waals surface area contributed by atoms with Gasteiger partial charge in [-0.3, -0.25) is 0 Å². The molecule has 3 heteroatoms. The van der Waals surface area contributed by atoms with Crippen LogP contribution in [0.4, 0.5) is 0 Å². The topological polar surface area (TPSA) is 26.0 Å². The van der Waals surface area contributed by atoms with E-state index in [0.717, 1.165) is 24.9 Å². The molecule has 1 aliphatic carbocycles. The monoisotopic (exact) mass is 305 g/mol. The summed E-state index contributed by atoms with van der Waals surface area (Å²) in [5.74, 6) is 0.578. The first-order valence-corrected chi connectivity index (χ1v) is 7.71. The van der Waals surface area contributed by atoms with Gasteiger partial charge in [-0.1, -0.05) is 47.5 Å². The lowest BCUT2D eigenvalue weighted by Crippen LogP contribution is -2.22. The van der Waals surface area contributed by atoms with Crippen LogP contribution in [0.25, 0.3) is 11.1 Å². The van der Waals surface area contributed by atoms with Crippen LogP contribution in [0.3, 0.4) is 0 Å². The van der Waals surface area contributed by atoms with Crippen LogP contribution in [0.1, 0.15) is 17.5 Å². The minimum atomic E-state index is 0.578. The zero-order chi connectivity index (χ0) is 14.1. The number of hydrogen-bond donors (Lipinski definition) is 1. The maximum atomic E-state index is 6.37. The molecule has 2 aromatic carbocycles. The highest BCUT2D eigenvalue weighted by Gasteiger charge is 2.21. The molecule has 2 N–H and O–H groups in total. The van der Waals surface area contributed by atoms with E-state index in [1.54, 1.807) is 6.07 Å². The van der Waals surface area contributed by atoms with Crippen molar-refractivity contribution < 1.29 is 0 Å². The third-order valence-corrected chi connectivity index (χ3v) is 4.69. The van der Waals surface area contributed by atoms with Crippen LogP contribution in [-0.2, 0) is 12.8 Å². The van der Waals surface area contributed by atoms with E-state index in [9.17, 15) is 0 Å². The second-order valence-corrected chi connectivity index (χ2v) is 6.26. The number of fused-ring (bicyclic) bond motifs is 1. The molecule has 0 bridgehead atoms. The van der Waals surface area contributed by atoms with Gasteiger partial charge in [0, 0.05) is 15.6 Å². The van der Waals surface area contributed by atoms with Gasteiger partial charge in [0.1, 0.15) is 0 Å². The van der Waals surface area contributed by atoms with Crippen LogP contribution >= 0.6 is 23.2 Å². The summed E-state index contributed by atoms with van der Waals surface area (Å²) < 4.78 is 0. The lowest BCUT2D eigenvalue weighted by molar-refractivity contribution is 0.469. The predicted octanol–water partition coefficient (Wildman–Crippen LogP) is 4.72. The van der Waals surface area contributed by atoms with Crippen molar-refractivity contribution in [1.82, 2.24) is 0 Å². The van der Waals surface area contributed by atoms with Gasteiger partial charge in [-0.2, -0.15) is 0 Å². The molecule has 1 nitrogen and oxygen atoms in total. The molecule has 1 atom stereocenters. The number of benzene rings is 2. The summed E-state index contributed by atoms with van der Waals surface area (Å²) in [4.78, 5) is 0. The van der Waals surface area contributed by atoms with Crippen molar-refractivity contribution in [2.45, 2.75) is 19.3 Å². The van der Waals surface area contributed by atoms with Gasteiger partial charge in [0.2, 0.25) is 0 Å². The summed E-state index contributed by atoms with van der Waals surface area (Å²) in [5.41, 5.74) is 11.0. The Hall–Kier alpha value is -1.02. The van der Waals surface area contributed by atoms with Crippen molar-refractivity contribution in [2.75, 3.05) is 6.54 Å². The SMILES string of the molecule is NCC1CCc2cccc(-c3ccc(Cl)cc3Cl)c2C1. The first-order chi connectivity index (χ1) is 9.69. The summed E-state index contributed by atoms with van der Waals surface area (Å²) in [6.07, 6.45) is 3.33. The largest absolute Gasteiger partial charge is 0.330 e. The van der Waals surface area contributed by atoms with E-state index in [2.05, 4.69) is 18.2 Å². The third kappa shape index (κ3) is 2.58. The second-order valence-electron chi connectivity index (χ2n) is 5.41. The molecule has 0 aromatic heterocycles. The lowest BCUT2D eigenvalue weighted by Gasteiger charge is -2.26. The number of aryl methyl sites for hydroxylation is 1. The van der Waals surface area contributed by atoms with Gasteiger partial charge in [0.15, 0.2) is 0 Å². The van der Waals surface area contributed by atoms with Crippen molar-refractivity contribution >= 4 is 23.2 Å². The molecule has 0 radical (unpaired) electrons. The predicted molar refractivity (Wildman–Crippen MR) is 86.5 cm³/mol. The highest BCUT2D eigenvalue weighted by molar-refractivity contribution is 6.36. The maximum Gasteiger partial charge on any atom is 0.0499 e. The molecule has 0 spiro atoms. The lowest BCUT2D eigenvalue weighted by atomic mass is 9.80. The molecule has 0 fully saturated rings. The normalized spacial score (nSPS) is 17.9. The molecule has 0 saturated carbocycles. The van der Waals surface area contributed by atoms with E-state index in [0.29, 0.717) is 16.0 Å². The maximum absolute atomic E-state index is 6.37. The number of nitrogens with two attached hydrogens (primary N) is 1. The summed E-state index contributed by atoms with van der Waals surface area (Å²) in [6.45, 7) is 0.752. The van der Waals surface area contributed by atoms with Crippen molar-refractivity contribution in [3.63, 3.8) is 0 Å². The number of halogens is 2. The van der Waals surface area contributed by atoms with Crippen molar-refractivity contribution in [3.8, 4) is 11.1 Å². The molecule has 104 valence electrons. The van der Waals surface area contributed by atoms with Crippen molar-refractivity contribution in [1.29, 1.82) is 0 Å². The molecule has 2 aromatic rings. The Balaban J connectivity index is 2.10. The minimum absolute atomic E-state index is 0.578. The van der Waals surface area contributed by atoms with E-state index in [4.69, 9.17) is 28.9 Å². The van der Waals surface area contributed by atoms with E-state index in [1.807, 2.05) is 12.1 Å². The van der Waals surface area contributed by atoms with Crippen molar-refractivity contribution in [2.24, 2.45) is 11.7 Å². The Labute approximate surface area is 129 Å². The van der Waals surface area contributed by atoms with Gasteiger partial charge in [-0.25, -0.2) is 0 Å². The van der Waals surface area contributed by atoms with Crippen molar-refractivity contribution in [3.05, 3.63) is 57.6 Å². The van der Waals surface area contributed by atoms with E-state index in [1.165, 1.54) is 23.1 Å². The summed E-state index contributed by atoms with van der Waals surface area (Å²) >= 11 is 12.4. The van der Waals surface area contributed by atoms with Crippen LogP contribution in [0, 0.1) is 5.92 Å².